The fourth-order valence-corrected chi connectivity index (χ4v) is 3.35. The molecule has 2 aromatic rings. The van der Waals surface area contributed by atoms with Crippen molar-refractivity contribution in [3.05, 3.63) is 52.6 Å². The highest BCUT2D eigenvalue weighted by Gasteiger charge is 2.23. The zero-order chi connectivity index (χ0) is 18.7. The van der Waals surface area contributed by atoms with Crippen LogP contribution < -0.4 is 14.2 Å². The maximum absolute atomic E-state index is 12.6. The normalized spacial score (nSPS) is 13.2. The number of para-hydroxylation sites is 1. The number of carbonyl (C=O) groups is 1. The van der Waals surface area contributed by atoms with Crippen LogP contribution in [0.5, 0.6) is 17.2 Å². The summed E-state index contributed by atoms with van der Waals surface area (Å²) >= 11 is 0. The molecule has 2 aromatic carbocycles. The van der Waals surface area contributed by atoms with Crippen molar-refractivity contribution in [1.29, 1.82) is 0 Å². The lowest BCUT2D eigenvalue weighted by Crippen LogP contribution is -2.39. The topological polar surface area (TPSA) is 48.0 Å². The Morgan fingerprint density at radius 3 is 2.27 bits per heavy atom. The molecule has 0 aliphatic carbocycles. The Labute approximate surface area is 154 Å². The molecule has 1 aliphatic heterocycles. The third kappa shape index (κ3) is 3.62. The van der Waals surface area contributed by atoms with E-state index < -0.39 is 0 Å². The predicted octanol–water partition coefficient (Wildman–Crippen LogP) is 3.28. The van der Waals surface area contributed by atoms with Gasteiger partial charge in [0.25, 0.3) is 5.91 Å². The number of methoxy groups -OCH3 is 2. The number of nitrogens with zero attached hydrogens (tertiary/aromatic N) is 1. The van der Waals surface area contributed by atoms with Gasteiger partial charge in [0.05, 0.1) is 14.2 Å². The van der Waals surface area contributed by atoms with Gasteiger partial charge in [0.1, 0.15) is 5.75 Å². The summed E-state index contributed by atoms with van der Waals surface area (Å²) in [4.78, 5) is 14.5. The van der Waals surface area contributed by atoms with Crippen molar-refractivity contribution < 1.29 is 19.0 Å². The fourth-order valence-electron chi connectivity index (χ4n) is 3.35. The van der Waals surface area contributed by atoms with Crippen molar-refractivity contribution in [3.8, 4) is 17.2 Å². The van der Waals surface area contributed by atoms with Gasteiger partial charge in [-0.25, -0.2) is 0 Å². The number of aryl methyl sites for hydroxylation is 2. The van der Waals surface area contributed by atoms with Crippen molar-refractivity contribution in [1.82, 2.24) is 4.90 Å². The van der Waals surface area contributed by atoms with E-state index in [0.717, 1.165) is 34.6 Å². The number of amides is 1. The van der Waals surface area contributed by atoms with Crippen LogP contribution in [0.15, 0.2) is 30.3 Å². The van der Waals surface area contributed by atoms with E-state index in [1.54, 1.807) is 14.2 Å². The van der Waals surface area contributed by atoms with E-state index in [0.29, 0.717) is 18.8 Å². The van der Waals surface area contributed by atoms with Crippen LogP contribution in [0.4, 0.5) is 0 Å². The average Bonchev–Trinajstić information content (AvgIpc) is 2.65. The summed E-state index contributed by atoms with van der Waals surface area (Å²) in [7, 11) is 3.25. The summed E-state index contributed by atoms with van der Waals surface area (Å²) in [5.41, 5.74) is 4.37. The molecule has 3 rings (SSSR count). The lowest BCUT2D eigenvalue weighted by atomic mass is 9.99. The van der Waals surface area contributed by atoms with E-state index in [-0.39, 0.29) is 12.5 Å². The molecule has 1 amide bonds. The SMILES string of the molecule is COc1cc2c(cc1OC)CN(C(=O)COc1c(C)cccc1C)CC2. The van der Waals surface area contributed by atoms with Gasteiger partial charge in [-0.2, -0.15) is 0 Å². The molecule has 5 nitrogen and oxygen atoms in total. The minimum absolute atomic E-state index is 0.00640. The number of hydrogen-bond donors (Lipinski definition) is 0. The number of hydrogen-bond acceptors (Lipinski definition) is 4. The van der Waals surface area contributed by atoms with Crippen LogP contribution in [0.1, 0.15) is 22.3 Å². The second-order valence-corrected chi connectivity index (χ2v) is 6.55. The van der Waals surface area contributed by atoms with E-state index in [4.69, 9.17) is 14.2 Å². The Bertz CT molecular complexity index is 796. The van der Waals surface area contributed by atoms with Gasteiger partial charge in [-0.3, -0.25) is 4.79 Å². The standard InChI is InChI=1S/C21H25NO4/c1-14-6-5-7-15(2)21(14)26-13-20(23)22-9-8-16-10-18(24-3)19(25-4)11-17(16)12-22/h5-7,10-11H,8-9,12-13H2,1-4H3. The van der Waals surface area contributed by atoms with Gasteiger partial charge < -0.3 is 19.1 Å². The highest BCUT2D eigenvalue weighted by molar-refractivity contribution is 5.78. The molecule has 138 valence electrons. The molecule has 0 saturated heterocycles. The summed E-state index contributed by atoms with van der Waals surface area (Å²) in [6.07, 6.45) is 0.796. The van der Waals surface area contributed by atoms with Crippen LogP contribution in [-0.2, 0) is 17.8 Å². The Morgan fingerprint density at radius 2 is 1.65 bits per heavy atom. The summed E-state index contributed by atoms with van der Waals surface area (Å²) in [6.45, 7) is 5.27. The molecule has 0 radical (unpaired) electrons. The van der Waals surface area contributed by atoms with Crippen LogP contribution in [0.25, 0.3) is 0 Å². The van der Waals surface area contributed by atoms with Gasteiger partial charge in [-0.05, 0) is 54.7 Å². The minimum Gasteiger partial charge on any atom is -0.493 e. The first kappa shape index (κ1) is 18.1. The largest absolute Gasteiger partial charge is 0.493 e. The van der Waals surface area contributed by atoms with Gasteiger partial charge in [0.2, 0.25) is 0 Å². The number of fused-ring (bicyclic) bond motifs is 1. The lowest BCUT2D eigenvalue weighted by Gasteiger charge is -2.29. The Morgan fingerprint density at radius 1 is 1.04 bits per heavy atom. The Kier molecular flexibility index (Phi) is 5.35. The smallest absolute Gasteiger partial charge is 0.260 e. The molecule has 0 aromatic heterocycles. The van der Waals surface area contributed by atoms with Crippen molar-refractivity contribution >= 4 is 5.91 Å². The van der Waals surface area contributed by atoms with E-state index in [1.165, 1.54) is 5.56 Å². The summed E-state index contributed by atoms with van der Waals surface area (Å²) in [6, 6.07) is 9.93. The molecule has 0 atom stereocenters. The highest BCUT2D eigenvalue weighted by Crippen LogP contribution is 2.33. The Balaban J connectivity index is 1.69. The quantitative estimate of drug-likeness (QED) is 0.826. The monoisotopic (exact) mass is 355 g/mol. The zero-order valence-corrected chi connectivity index (χ0v) is 15.8. The molecule has 0 N–H and O–H groups in total. The molecular formula is C21H25NO4. The van der Waals surface area contributed by atoms with Gasteiger partial charge >= 0.3 is 0 Å². The molecule has 0 bridgehead atoms. The third-order valence-electron chi connectivity index (χ3n) is 4.82. The number of rotatable bonds is 5. The first-order chi connectivity index (χ1) is 12.5. The third-order valence-corrected chi connectivity index (χ3v) is 4.82. The predicted molar refractivity (Wildman–Crippen MR) is 100 cm³/mol. The second kappa shape index (κ2) is 7.68. The van der Waals surface area contributed by atoms with E-state index in [9.17, 15) is 4.79 Å². The Hall–Kier alpha value is -2.69. The van der Waals surface area contributed by atoms with Crippen molar-refractivity contribution in [2.24, 2.45) is 0 Å². The minimum atomic E-state index is -0.00640. The first-order valence-electron chi connectivity index (χ1n) is 8.74. The van der Waals surface area contributed by atoms with Crippen molar-refractivity contribution in [2.75, 3.05) is 27.4 Å². The average molecular weight is 355 g/mol. The molecule has 5 heteroatoms. The number of benzene rings is 2. The van der Waals surface area contributed by atoms with E-state index in [2.05, 4.69) is 0 Å². The zero-order valence-electron chi connectivity index (χ0n) is 15.8. The first-order valence-corrected chi connectivity index (χ1v) is 8.74. The van der Waals surface area contributed by atoms with Crippen LogP contribution in [0, 0.1) is 13.8 Å². The second-order valence-electron chi connectivity index (χ2n) is 6.55. The summed E-state index contributed by atoms with van der Waals surface area (Å²) in [5.74, 6) is 2.20. The van der Waals surface area contributed by atoms with Crippen molar-refractivity contribution in [3.63, 3.8) is 0 Å². The maximum Gasteiger partial charge on any atom is 0.260 e. The number of carbonyl (C=O) groups excluding carboxylic acids is 1. The molecule has 0 spiro atoms. The molecule has 0 fully saturated rings. The molecule has 26 heavy (non-hydrogen) atoms. The lowest BCUT2D eigenvalue weighted by molar-refractivity contribution is -0.134. The highest BCUT2D eigenvalue weighted by atomic mass is 16.5. The van der Waals surface area contributed by atoms with Crippen molar-refractivity contribution in [2.45, 2.75) is 26.8 Å². The summed E-state index contributed by atoms with van der Waals surface area (Å²) in [5, 5.41) is 0. The van der Waals surface area contributed by atoms with Gasteiger partial charge in [-0.1, -0.05) is 18.2 Å². The molecular weight excluding hydrogens is 330 g/mol. The van der Waals surface area contributed by atoms with Crippen LogP contribution in [-0.4, -0.2) is 38.2 Å². The van der Waals surface area contributed by atoms with Gasteiger partial charge in [0, 0.05) is 13.1 Å². The van der Waals surface area contributed by atoms with E-state index >= 15 is 0 Å². The molecule has 1 heterocycles. The molecule has 0 saturated carbocycles. The van der Waals surface area contributed by atoms with Gasteiger partial charge in [-0.15, -0.1) is 0 Å². The fraction of sp³-hybridized carbons (Fsp3) is 0.381. The summed E-state index contributed by atoms with van der Waals surface area (Å²) < 4.78 is 16.6. The van der Waals surface area contributed by atoms with E-state index in [1.807, 2.05) is 49.1 Å². The van der Waals surface area contributed by atoms with Gasteiger partial charge in [0.15, 0.2) is 18.1 Å². The number of ether oxygens (including phenoxy) is 3. The van der Waals surface area contributed by atoms with Crippen LogP contribution in [0.3, 0.4) is 0 Å². The maximum atomic E-state index is 12.6. The van der Waals surface area contributed by atoms with Crippen LogP contribution in [0.2, 0.25) is 0 Å². The molecule has 1 aliphatic rings. The van der Waals surface area contributed by atoms with Crippen LogP contribution >= 0.6 is 0 Å². The molecule has 0 unspecified atom stereocenters.